The van der Waals surface area contributed by atoms with Gasteiger partial charge < -0.3 is 11.1 Å². The first-order chi connectivity index (χ1) is 7.66. The van der Waals surface area contributed by atoms with Gasteiger partial charge in [0.15, 0.2) is 0 Å². The maximum Gasteiger partial charge on any atom is 0.0617 e. The molecule has 0 saturated heterocycles. The molecule has 0 aromatic heterocycles. The van der Waals surface area contributed by atoms with Gasteiger partial charge in [-0.15, -0.1) is 0 Å². The van der Waals surface area contributed by atoms with E-state index in [0.29, 0.717) is 0 Å². The number of anilines is 3. The van der Waals surface area contributed by atoms with Crippen molar-refractivity contribution in [1.82, 2.24) is 0 Å². The lowest BCUT2D eigenvalue weighted by Crippen LogP contribution is -1.97. The fourth-order valence-electron chi connectivity index (χ4n) is 1.48. The molecule has 0 spiro atoms. The summed E-state index contributed by atoms with van der Waals surface area (Å²) in [6.07, 6.45) is 0. The summed E-state index contributed by atoms with van der Waals surface area (Å²) < 4.78 is 1.05. The Morgan fingerprint density at radius 2 is 1.81 bits per heavy atom. The number of aryl methyl sites for hydroxylation is 1. The zero-order valence-electron chi connectivity index (χ0n) is 9.00. The molecule has 0 atom stereocenters. The third-order valence-electron chi connectivity index (χ3n) is 2.43. The number of hydrogen-bond donors (Lipinski definition) is 2. The number of nitrogen functional groups attached to an aromatic ring is 1. The van der Waals surface area contributed by atoms with Gasteiger partial charge in [-0.1, -0.05) is 34.1 Å². The maximum absolute atomic E-state index is 5.88. The van der Waals surface area contributed by atoms with Crippen molar-refractivity contribution in [2.45, 2.75) is 6.92 Å². The second kappa shape index (κ2) is 4.58. The molecule has 82 valence electrons. The molecule has 0 heterocycles. The zero-order chi connectivity index (χ0) is 11.5. The molecule has 0 saturated carbocycles. The molecular weight excluding hydrogens is 264 g/mol. The van der Waals surface area contributed by atoms with Gasteiger partial charge in [-0.25, -0.2) is 0 Å². The van der Waals surface area contributed by atoms with Crippen molar-refractivity contribution in [2.24, 2.45) is 0 Å². The molecule has 0 aliphatic heterocycles. The molecule has 0 aliphatic carbocycles. The van der Waals surface area contributed by atoms with Crippen LogP contribution in [-0.2, 0) is 0 Å². The van der Waals surface area contributed by atoms with Gasteiger partial charge >= 0.3 is 0 Å². The van der Waals surface area contributed by atoms with E-state index in [0.717, 1.165) is 21.5 Å². The van der Waals surface area contributed by atoms with E-state index in [4.69, 9.17) is 5.73 Å². The van der Waals surface area contributed by atoms with E-state index in [9.17, 15) is 0 Å². The van der Waals surface area contributed by atoms with Gasteiger partial charge in [0.2, 0.25) is 0 Å². The summed E-state index contributed by atoms with van der Waals surface area (Å²) in [6.45, 7) is 2.06. The molecule has 0 amide bonds. The highest BCUT2D eigenvalue weighted by Gasteiger charge is 2.01. The Morgan fingerprint density at radius 3 is 2.56 bits per heavy atom. The lowest BCUT2D eigenvalue weighted by molar-refractivity contribution is 1.42. The van der Waals surface area contributed by atoms with Crippen LogP contribution in [-0.4, -0.2) is 0 Å². The first-order valence-corrected chi connectivity index (χ1v) is 5.84. The van der Waals surface area contributed by atoms with E-state index >= 15 is 0 Å². The van der Waals surface area contributed by atoms with Gasteiger partial charge in [-0.3, -0.25) is 0 Å². The minimum Gasteiger partial charge on any atom is -0.397 e. The quantitative estimate of drug-likeness (QED) is 0.811. The summed E-state index contributed by atoms with van der Waals surface area (Å²) in [4.78, 5) is 0. The van der Waals surface area contributed by atoms with Gasteiger partial charge in [-0.05, 0) is 36.8 Å². The van der Waals surface area contributed by atoms with Gasteiger partial charge in [0, 0.05) is 10.2 Å². The van der Waals surface area contributed by atoms with Crippen LogP contribution >= 0.6 is 15.9 Å². The summed E-state index contributed by atoms with van der Waals surface area (Å²) in [7, 11) is 0. The Morgan fingerprint density at radius 1 is 1.06 bits per heavy atom. The van der Waals surface area contributed by atoms with Crippen LogP contribution in [0.4, 0.5) is 17.1 Å². The van der Waals surface area contributed by atoms with Crippen molar-refractivity contribution < 1.29 is 0 Å². The van der Waals surface area contributed by atoms with Gasteiger partial charge in [0.05, 0.1) is 11.4 Å². The molecule has 2 aromatic carbocycles. The summed E-state index contributed by atoms with van der Waals surface area (Å²) >= 11 is 3.46. The van der Waals surface area contributed by atoms with Crippen LogP contribution in [0.25, 0.3) is 0 Å². The Kier molecular flexibility index (Phi) is 3.15. The summed E-state index contributed by atoms with van der Waals surface area (Å²) in [5, 5.41) is 3.33. The zero-order valence-corrected chi connectivity index (χ0v) is 10.6. The lowest BCUT2D eigenvalue weighted by atomic mass is 10.2. The van der Waals surface area contributed by atoms with Crippen LogP contribution in [0.2, 0.25) is 0 Å². The fraction of sp³-hybridized carbons (Fsp3) is 0.0769. The minimum absolute atomic E-state index is 0.752. The van der Waals surface area contributed by atoms with Gasteiger partial charge in [0.1, 0.15) is 0 Å². The number of benzene rings is 2. The summed E-state index contributed by atoms with van der Waals surface area (Å²) in [5.74, 6) is 0. The lowest BCUT2D eigenvalue weighted by Gasteiger charge is -2.11. The second-order valence-electron chi connectivity index (χ2n) is 3.67. The molecule has 0 radical (unpaired) electrons. The van der Waals surface area contributed by atoms with Crippen molar-refractivity contribution in [2.75, 3.05) is 11.1 Å². The number of rotatable bonds is 2. The van der Waals surface area contributed by atoms with Crippen molar-refractivity contribution >= 4 is 33.0 Å². The third kappa shape index (κ3) is 2.36. The van der Waals surface area contributed by atoms with Crippen LogP contribution in [0.3, 0.4) is 0 Å². The summed E-state index contributed by atoms with van der Waals surface area (Å²) in [5.41, 5.74) is 9.82. The Balaban J connectivity index is 2.34. The Labute approximate surface area is 104 Å². The van der Waals surface area contributed by atoms with Crippen molar-refractivity contribution in [3.8, 4) is 0 Å². The standard InChI is InChI=1S/C13H13BrN2/c1-9-6-7-10(14)8-13(9)16-12-5-3-2-4-11(12)15/h2-8,16H,15H2,1H3. The van der Waals surface area contributed by atoms with Gasteiger partial charge in [-0.2, -0.15) is 0 Å². The van der Waals surface area contributed by atoms with Crippen LogP contribution in [0.1, 0.15) is 5.56 Å². The molecule has 3 heteroatoms. The van der Waals surface area contributed by atoms with E-state index in [-0.39, 0.29) is 0 Å². The molecule has 0 unspecified atom stereocenters. The average Bonchev–Trinajstić information content (AvgIpc) is 2.27. The number of nitrogens with two attached hydrogens (primary N) is 1. The van der Waals surface area contributed by atoms with E-state index in [1.54, 1.807) is 0 Å². The van der Waals surface area contributed by atoms with Crippen LogP contribution in [0.5, 0.6) is 0 Å². The first kappa shape index (κ1) is 11.0. The van der Waals surface area contributed by atoms with E-state index in [1.807, 2.05) is 36.4 Å². The molecule has 3 N–H and O–H groups in total. The minimum atomic E-state index is 0.752. The average molecular weight is 277 g/mol. The third-order valence-corrected chi connectivity index (χ3v) is 2.92. The number of hydrogen-bond acceptors (Lipinski definition) is 2. The van der Waals surface area contributed by atoms with Crippen LogP contribution in [0.15, 0.2) is 46.9 Å². The van der Waals surface area contributed by atoms with Crippen molar-refractivity contribution in [3.05, 3.63) is 52.5 Å². The number of nitrogens with one attached hydrogen (secondary N) is 1. The highest BCUT2D eigenvalue weighted by atomic mass is 79.9. The molecule has 2 nitrogen and oxygen atoms in total. The molecule has 0 fully saturated rings. The number of para-hydroxylation sites is 2. The Hall–Kier alpha value is -1.48. The van der Waals surface area contributed by atoms with E-state index in [2.05, 4.69) is 34.2 Å². The van der Waals surface area contributed by atoms with E-state index < -0.39 is 0 Å². The molecule has 16 heavy (non-hydrogen) atoms. The van der Waals surface area contributed by atoms with Gasteiger partial charge in [0.25, 0.3) is 0 Å². The first-order valence-electron chi connectivity index (χ1n) is 5.04. The van der Waals surface area contributed by atoms with Crippen LogP contribution < -0.4 is 11.1 Å². The van der Waals surface area contributed by atoms with Crippen molar-refractivity contribution in [1.29, 1.82) is 0 Å². The molecule has 2 aromatic rings. The van der Waals surface area contributed by atoms with E-state index in [1.165, 1.54) is 5.56 Å². The maximum atomic E-state index is 5.88. The monoisotopic (exact) mass is 276 g/mol. The van der Waals surface area contributed by atoms with Crippen molar-refractivity contribution in [3.63, 3.8) is 0 Å². The second-order valence-corrected chi connectivity index (χ2v) is 4.59. The predicted octanol–water partition coefficient (Wildman–Crippen LogP) is 4.08. The predicted molar refractivity (Wildman–Crippen MR) is 73.0 cm³/mol. The highest BCUT2D eigenvalue weighted by molar-refractivity contribution is 9.10. The smallest absolute Gasteiger partial charge is 0.0617 e. The molecule has 2 rings (SSSR count). The number of halogens is 1. The highest BCUT2D eigenvalue weighted by Crippen LogP contribution is 2.27. The fourth-order valence-corrected chi connectivity index (χ4v) is 1.85. The largest absolute Gasteiger partial charge is 0.397 e. The Bertz CT molecular complexity index is 509. The molecular formula is C13H13BrN2. The topological polar surface area (TPSA) is 38.0 Å². The van der Waals surface area contributed by atoms with Crippen LogP contribution in [0, 0.1) is 6.92 Å². The summed E-state index contributed by atoms with van der Waals surface area (Å²) in [6, 6.07) is 13.9. The SMILES string of the molecule is Cc1ccc(Br)cc1Nc1ccccc1N. The molecule has 0 aliphatic rings. The molecule has 0 bridgehead atoms. The normalized spacial score (nSPS) is 10.1.